The highest BCUT2D eigenvalue weighted by Gasteiger charge is 2.36. The van der Waals surface area contributed by atoms with Crippen LogP contribution in [-0.2, 0) is 17.7 Å². The zero-order valence-corrected chi connectivity index (χ0v) is 22.5. The summed E-state index contributed by atoms with van der Waals surface area (Å²) in [6, 6.07) is 7.24. The number of anilines is 2. The molecule has 3 aliphatic heterocycles. The van der Waals surface area contributed by atoms with Crippen LogP contribution in [0.3, 0.4) is 0 Å². The number of carbonyl (C=O) groups is 2. The van der Waals surface area contributed by atoms with Crippen LogP contribution in [0.4, 0.5) is 21.1 Å². The molecule has 4 heterocycles. The van der Waals surface area contributed by atoms with Gasteiger partial charge in [-0.1, -0.05) is 26.2 Å². The Morgan fingerprint density at radius 1 is 1.05 bits per heavy atom. The molecule has 3 N–H and O–H groups in total. The van der Waals surface area contributed by atoms with Crippen LogP contribution in [0.15, 0.2) is 24.3 Å². The van der Waals surface area contributed by atoms with Gasteiger partial charge in [-0.3, -0.25) is 0 Å². The molecule has 204 valence electrons. The molecule has 3 aliphatic rings. The number of carbonyl (C=O) groups excluding carboxylic acids is 2. The first-order valence-corrected chi connectivity index (χ1v) is 14.0. The predicted octanol–water partition coefficient (Wildman–Crippen LogP) is 3.91. The van der Waals surface area contributed by atoms with Crippen molar-refractivity contribution in [1.82, 2.24) is 25.5 Å². The second-order valence-corrected chi connectivity index (χ2v) is 10.4. The summed E-state index contributed by atoms with van der Waals surface area (Å²) >= 11 is 0. The zero-order chi connectivity index (χ0) is 26.5. The van der Waals surface area contributed by atoms with Crippen molar-refractivity contribution in [3.05, 3.63) is 35.5 Å². The standard InChI is InChI=1S/C28H39N7O3/c1-3-4-5-6-14-30-28(37)34-15-13-23-24(18-34)32-25(19-7-9-20(10-8-19)31-27(36)29-2)33-26(23)35-16-21-11-12-22(17-35)38-21/h7-10,21-22H,3-6,11-18H2,1-2H3,(H,30,37)(H2,29,31,36). The van der Waals surface area contributed by atoms with Crippen molar-refractivity contribution in [3.8, 4) is 11.4 Å². The van der Waals surface area contributed by atoms with E-state index in [0.717, 1.165) is 67.8 Å². The van der Waals surface area contributed by atoms with Crippen LogP contribution in [0.25, 0.3) is 11.4 Å². The van der Waals surface area contributed by atoms with Gasteiger partial charge in [0.1, 0.15) is 5.82 Å². The van der Waals surface area contributed by atoms with Gasteiger partial charge in [0, 0.05) is 50.0 Å². The Bertz CT molecular complexity index is 1130. The average molecular weight is 522 g/mol. The fourth-order valence-corrected chi connectivity index (χ4v) is 5.52. The molecule has 0 radical (unpaired) electrons. The first-order valence-electron chi connectivity index (χ1n) is 14.0. The minimum atomic E-state index is -0.268. The maximum Gasteiger partial charge on any atom is 0.318 e. The molecule has 1 aromatic heterocycles. The molecule has 5 rings (SSSR count). The zero-order valence-electron chi connectivity index (χ0n) is 22.5. The Kier molecular flexibility index (Phi) is 8.26. The summed E-state index contributed by atoms with van der Waals surface area (Å²) in [6.07, 6.45) is 7.92. The van der Waals surface area contributed by atoms with Crippen LogP contribution in [0, 0.1) is 0 Å². The van der Waals surface area contributed by atoms with E-state index in [2.05, 4.69) is 27.8 Å². The second kappa shape index (κ2) is 12.0. The number of fused-ring (bicyclic) bond motifs is 3. The van der Waals surface area contributed by atoms with Gasteiger partial charge in [0.2, 0.25) is 0 Å². The maximum absolute atomic E-state index is 12.9. The van der Waals surface area contributed by atoms with Crippen molar-refractivity contribution in [2.75, 3.05) is 43.4 Å². The van der Waals surface area contributed by atoms with E-state index >= 15 is 0 Å². The number of amides is 4. The number of unbranched alkanes of at least 4 members (excludes halogenated alkanes) is 3. The second-order valence-electron chi connectivity index (χ2n) is 10.4. The fraction of sp³-hybridized carbons (Fsp3) is 0.571. The molecule has 2 bridgehead atoms. The molecule has 4 amide bonds. The molecular weight excluding hydrogens is 482 g/mol. The topological polar surface area (TPSA) is 112 Å². The Labute approximate surface area is 224 Å². The lowest BCUT2D eigenvalue weighted by Gasteiger charge is -2.36. The van der Waals surface area contributed by atoms with Crippen molar-refractivity contribution in [3.63, 3.8) is 0 Å². The molecule has 0 saturated carbocycles. The molecule has 2 aromatic rings. The van der Waals surface area contributed by atoms with E-state index in [1.54, 1.807) is 7.05 Å². The van der Waals surface area contributed by atoms with E-state index in [1.807, 2.05) is 29.2 Å². The quantitative estimate of drug-likeness (QED) is 0.454. The molecule has 0 spiro atoms. The smallest absolute Gasteiger partial charge is 0.318 e. The number of nitrogens with one attached hydrogen (secondary N) is 3. The summed E-state index contributed by atoms with van der Waals surface area (Å²) < 4.78 is 6.09. The lowest BCUT2D eigenvalue weighted by molar-refractivity contribution is 0.0301. The maximum atomic E-state index is 12.9. The predicted molar refractivity (Wildman–Crippen MR) is 147 cm³/mol. The summed E-state index contributed by atoms with van der Waals surface area (Å²) in [6.45, 7) is 5.67. The number of ether oxygens (including phenoxy) is 1. The molecular formula is C28H39N7O3. The normalized spacial score (nSPS) is 20.2. The van der Waals surface area contributed by atoms with Crippen molar-refractivity contribution >= 4 is 23.6 Å². The van der Waals surface area contributed by atoms with Gasteiger partial charge in [-0.25, -0.2) is 19.6 Å². The van der Waals surface area contributed by atoms with Crippen LogP contribution in [0.2, 0.25) is 0 Å². The Hall–Kier alpha value is -3.40. The summed E-state index contributed by atoms with van der Waals surface area (Å²) in [4.78, 5) is 38.9. The van der Waals surface area contributed by atoms with E-state index in [1.165, 1.54) is 12.8 Å². The van der Waals surface area contributed by atoms with Crippen molar-refractivity contribution in [2.45, 2.75) is 70.6 Å². The number of morpholine rings is 1. The van der Waals surface area contributed by atoms with Gasteiger partial charge in [0.15, 0.2) is 5.82 Å². The highest BCUT2D eigenvalue weighted by atomic mass is 16.5. The van der Waals surface area contributed by atoms with E-state index < -0.39 is 0 Å². The molecule has 2 unspecified atom stereocenters. The third kappa shape index (κ3) is 6.01. The third-order valence-electron chi connectivity index (χ3n) is 7.61. The summed E-state index contributed by atoms with van der Waals surface area (Å²) in [5.74, 6) is 1.60. The average Bonchev–Trinajstić information content (AvgIpc) is 3.29. The van der Waals surface area contributed by atoms with Crippen LogP contribution < -0.4 is 20.9 Å². The summed E-state index contributed by atoms with van der Waals surface area (Å²) in [5.41, 5.74) is 3.60. The molecule has 10 nitrogen and oxygen atoms in total. The highest BCUT2D eigenvalue weighted by Crippen LogP contribution is 2.34. The van der Waals surface area contributed by atoms with Crippen LogP contribution >= 0.6 is 0 Å². The van der Waals surface area contributed by atoms with Gasteiger partial charge in [0.05, 0.1) is 24.4 Å². The van der Waals surface area contributed by atoms with Crippen molar-refractivity contribution in [2.24, 2.45) is 0 Å². The van der Waals surface area contributed by atoms with Crippen LogP contribution in [0.1, 0.15) is 56.7 Å². The van der Waals surface area contributed by atoms with Gasteiger partial charge < -0.3 is 30.5 Å². The number of hydrogen-bond acceptors (Lipinski definition) is 6. The lowest BCUT2D eigenvalue weighted by Crippen LogP contribution is -2.46. The van der Waals surface area contributed by atoms with Gasteiger partial charge in [-0.15, -0.1) is 0 Å². The third-order valence-corrected chi connectivity index (χ3v) is 7.61. The van der Waals surface area contributed by atoms with E-state index in [-0.39, 0.29) is 24.3 Å². The van der Waals surface area contributed by atoms with Crippen molar-refractivity contribution in [1.29, 1.82) is 0 Å². The number of rotatable bonds is 8. The summed E-state index contributed by atoms with van der Waals surface area (Å²) in [5, 5.41) is 8.43. The minimum absolute atomic E-state index is 0.0251. The number of hydrogen-bond donors (Lipinski definition) is 3. The summed E-state index contributed by atoms with van der Waals surface area (Å²) in [7, 11) is 1.58. The molecule has 2 atom stereocenters. The van der Waals surface area contributed by atoms with Crippen LogP contribution in [0.5, 0.6) is 0 Å². The molecule has 2 saturated heterocycles. The molecule has 10 heteroatoms. The molecule has 1 aromatic carbocycles. The number of urea groups is 2. The van der Waals surface area contributed by atoms with E-state index in [4.69, 9.17) is 14.7 Å². The first-order chi connectivity index (χ1) is 18.5. The van der Waals surface area contributed by atoms with Gasteiger partial charge >= 0.3 is 12.1 Å². The Morgan fingerprint density at radius 2 is 1.82 bits per heavy atom. The number of benzene rings is 1. The fourth-order valence-electron chi connectivity index (χ4n) is 5.52. The molecule has 0 aliphatic carbocycles. The van der Waals surface area contributed by atoms with E-state index in [9.17, 15) is 9.59 Å². The first kappa shape index (κ1) is 26.2. The number of aromatic nitrogens is 2. The lowest BCUT2D eigenvalue weighted by atomic mass is 10.0. The molecule has 38 heavy (non-hydrogen) atoms. The van der Waals surface area contributed by atoms with Crippen molar-refractivity contribution < 1.29 is 14.3 Å². The SMILES string of the molecule is CCCCCCNC(=O)N1CCc2c(nc(-c3ccc(NC(=O)NC)cc3)nc2N2CC3CCC(C2)O3)C1. The highest BCUT2D eigenvalue weighted by molar-refractivity contribution is 5.89. The number of nitrogens with zero attached hydrogens (tertiary/aromatic N) is 4. The molecule has 2 fully saturated rings. The van der Waals surface area contributed by atoms with E-state index in [0.29, 0.717) is 31.1 Å². The Morgan fingerprint density at radius 3 is 2.53 bits per heavy atom. The van der Waals surface area contributed by atoms with Gasteiger partial charge in [-0.2, -0.15) is 0 Å². The Balaban J connectivity index is 1.38. The largest absolute Gasteiger partial charge is 0.371 e. The monoisotopic (exact) mass is 521 g/mol. The van der Waals surface area contributed by atoms with Gasteiger partial charge in [-0.05, 0) is 49.9 Å². The van der Waals surface area contributed by atoms with Crippen LogP contribution in [-0.4, -0.2) is 72.4 Å². The van der Waals surface area contributed by atoms with Gasteiger partial charge in [0.25, 0.3) is 0 Å². The minimum Gasteiger partial charge on any atom is -0.371 e.